The predicted octanol–water partition coefficient (Wildman–Crippen LogP) is 2.50. The van der Waals surface area contributed by atoms with Gasteiger partial charge in [-0.2, -0.15) is 0 Å². The Kier molecular flexibility index (Phi) is 2.53. The molecule has 0 aliphatic carbocycles. The number of nitrogens with one attached hydrogen (secondary N) is 1. The molecule has 1 heterocycles. The van der Waals surface area contributed by atoms with Gasteiger partial charge >= 0.3 is 0 Å². The van der Waals surface area contributed by atoms with Gasteiger partial charge in [0.1, 0.15) is 3.82 Å². The van der Waals surface area contributed by atoms with Crippen molar-refractivity contribution in [2.45, 2.75) is 6.92 Å². The summed E-state index contributed by atoms with van der Waals surface area (Å²) < 4.78 is 0.750. The van der Waals surface area contributed by atoms with Gasteiger partial charge in [-0.1, -0.05) is 32.9 Å². The summed E-state index contributed by atoms with van der Waals surface area (Å²) in [6.45, 7) is 1.47. The first-order valence-corrected chi connectivity index (χ1v) is 5.17. The summed E-state index contributed by atoms with van der Waals surface area (Å²) in [6, 6.07) is 0. The molecule has 1 rings (SSSR count). The van der Waals surface area contributed by atoms with Gasteiger partial charge in [0.15, 0.2) is 0 Å². The third-order valence-electron chi connectivity index (χ3n) is 0.820. The number of amides is 1. The first-order chi connectivity index (χ1) is 4.70. The molecular weight excluding hydrogens is 186 g/mol. The van der Waals surface area contributed by atoms with Gasteiger partial charge < -0.3 is 5.32 Å². The highest BCUT2D eigenvalue weighted by atomic mass is 32.9. The van der Waals surface area contributed by atoms with Gasteiger partial charge in [-0.3, -0.25) is 4.79 Å². The number of anilines is 1. The molecule has 0 spiro atoms. The fraction of sp³-hybridized carbons (Fsp3) is 0.200. The summed E-state index contributed by atoms with van der Waals surface area (Å²) in [5.41, 5.74) is 0.762. The van der Waals surface area contributed by atoms with Gasteiger partial charge in [0.25, 0.3) is 0 Å². The Labute approximate surface area is 70.9 Å². The van der Waals surface area contributed by atoms with Crippen LogP contribution >= 0.6 is 32.9 Å². The molecule has 1 N–H and O–H groups in total. The molecule has 1 aromatic heterocycles. The van der Waals surface area contributed by atoms with Crippen molar-refractivity contribution in [3.05, 3.63) is 9.20 Å². The Morgan fingerprint density at radius 1 is 1.80 bits per heavy atom. The Morgan fingerprint density at radius 2 is 2.50 bits per heavy atom. The third kappa shape index (κ3) is 1.86. The van der Waals surface area contributed by atoms with Crippen LogP contribution in [-0.2, 0) is 4.79 Å². The Morgan fingerprint density at radius 3 is 2.90 bits per heavy atom. The van der Waals surface area contributed by atoms with Crippen LogP contribution in [0.2, 0.25) is 0 Å². The highest BCUT2D eigenvalue weighted by molar-refractivity contribution is 7.79. The number of hydrogen-bond donors (Lipinski definition) is 1. The molecule has 0 aliphatic heterocycles. The molecule has 2 nitrogen and oxygen atoms in total. The van der Waals surface area contributed by atoms with Crippen LogP contribution in [0.1, 0.15) is 6.92 Å². The van der Waals surface area contributed by atoms with Crippen molar-refractivity contribution in [2.24, 2.45) is 0 Å². The van der Waals surface area contributed by atoms with Gasteiger partial charge in [0.2, 0.25) is 5.91 Å². The van der Waals surface area contributed by atoms with Crippen molar-refractivity contribution < 1.29 is 4.79 Å². The van der Waals surface area contributed by atoms with Crippen LogP contribution in [0.25, 0.3) is 0 Å². The molecule has 0 fully saturated rings. The van der Waals surface area contributed by atoms with Crippen LogP contribution in [0.5, 0.6) is 0 Å². The predicted molar refractivity (Wildman–Crippen MR) is 47.3 cm³/mol. The smallest absolute Gasteiger partial charge is 0.221 e. The van der Waals surface area contributed by atoms with Crippen LogP contribution in [0.15, 0.2) is 5.38 Å². The lowest BCUT2D eigenvalue weighted by molar-refractivity contribution is -0.114. The highest BCUT2D eigenvalue weighted by Crippen LogP contribution is 2.21. The first-order valence-electron chi connectivity index (χ1n) is 2.55. The molecule has 0 atom stereocenters. The van der Waals surface area contributed by atoms with E-state index in [9.17, 15) is 4.79 Å². The highest BCUT2D eigenvalue weighted by Gasteiger charge is 1.97. The molecule has 10 heavy (non-hydrogen) atoms. The summed E-state index contributed by atoms with van der Waals surface area (Å²) in [7, 11) is 3.02. The monoisotopic (exact) mass is 191 g/mol. The molecule has 0 radical (unpaired) electrons. The van der Waals surface area contributed by atoms with Gasteiger partial charge in [-0.15, -0.1) is 0 Å². The minimum absolute atomic E-state index is 0.0725. The van der Waals surface area contributed by atoms with E-state index in [1.165, 1.54) is 27.6 Å². The summed E-state index contributed by atoms with van der Waals surface area (Å²) in [5, 5.41) is 4.47. The molecule has 0 unspecified atom stereocenters. The van der Waals surface area contributed by atoms with Crippen LogP contribution in [0.4, 0.5) is 5.69 Å². The molecule has 54 valence electrons. The number of rotatable bonds is 1. The van der Waals surface area contributed by atoms with Crippen molar-refractivity contribution in [2.75, 3.05) is 5.32 Å². The summed E-state index contributed by atoms with van der Waals surface area (Å²) in [5.74, 6) is -0.0725. The second-order valence-corrected chi connectivity index (χ2v) is 4.43. The Balaban J connectivity index is 2.85. The molecule has 0 aliphatic rings. The van der Waals surface area contributed by atoms with E-state index in [0.29, 0.717) is 0 Å². The lowest BCUT2D eigenvalue weighted by Gasteiger charge is -1.92. The number of carbonyl (C=O) groups is 1. The molecule has 0 saturated carbocycles. The van der Waals surface area contributed by atoms with E-state index in [1.54, 1.807) is 0 Å². The number of hydrogen-bond acceptors (Lipinski definition) is 4. The van der Waals surface area contributed by atoms with Gasteiger partial charge in [0, 0.05) is 12.3 Å². The normalized spacial score (nSPS) is 9.30. The number of carbonyl (C=O) groups excluding carboxylic acids is 1. The largest absolute Gasteiger partial charge is 0.324 e. The average molecular weight is 191 g/mol. The maximum atomic E-state index is 10.5. The van der Waals surface area contributed by atoms with Crippen LogP contribution in [-0.4, -0.2) is 5.91 Å². The van der Waals surface area contributed by atoms with Crippen molar-refractivity contribution in [3.63, 3.8) is 0 Å². The van der Waals surface area contributed by atoms with Crippen molar-refractivity contribution in [1.82, 2.24) is 0 Å². The van der Waals surface area contributed by atoms with E-state index < -0.39 is 0 Å². The van der Waals surface area contributed by atoms with Gasteiger partial charge in [-0.05, 0) is 0 Å². The van der Waals surface area contributed by atoms with E-state index in [-0.39, 0.29) is 5.91 Å². The van der Waals surface area contributed by atoms with Crippen molar-refractivity contribution >= 4 is 44.5 Å². The van der Waals surface area contributed by atoms with Crippen molar-refractivity contribution in [3.8, 4) is 0 Å². The molecule has 0 bridgehead atoms. The van der Waals surface area contributed by atoms with Crippen LogP contribution in [0.3, 0.4) is 0 Å². The lowest BCUT2D eigenvalue weighted by atomic mass is 10.6. The van der Waals surface area contributed by atoms with E-state index in [1.807, 2.05) is 5.38 Å². The minimum Gasteiger partial charge on any atom is -0.324 e. The van der Waals surface area contributed by atoms with E-state index in [0.717, 1.165) is 9.51 Å². The average Bonchev–Trinajstić information content (AvgIpc) is 2.15. The van der Waals surface area contributed by atoms with Crippen LogP contribution < -0.4 is 5.32 Å². The van der Waals surface area contributed by atoms with E-state index in [4.69, 9.17) is 12.2 Å². The zero-order valence-corrected chi connectivity index (χ0v) is 7.66. The quantitative estimate of drug-likeness (QED) is 0.546. The third-order valence-corrected chi connectivity index (χ3v) is 3.48. The molecular formula is C5H5NOS3. The molecule has 0 aromatic carbocycles. The first kappa shape index (κ1) is 7.84. The fourth-order valence-electron chi connectivity index (χ4n) is 0.479. The summed E-state index contributed by atoms with van der Waals surface area (Å²) in [4.78, 5) is 10.5. The second kappa shape index (κ2) is 3.23. The molecule has 0 saturated heterocycles. The topological polar surface area (TPSA) is 29.1 Å². The van der Waals surface area contributed by atoms with Crippen molar-refractivity contribution in [1.29, 1.82) is 0 Å². The maximum absolute atomic E-state index is 10.5. The summed E-state index contributed by atoms with van der Waals surface area (Å²) in [6.07, 6.45) is 0. The summed E-state index contributed by atoms with van der Waals surface area (Å²) >= 11 is 4.92. The van der Waals surface area contributed by atoms with Gasteiger partial charge in [-0.25, -0.2) is 0 Å². The zero-order valence-electron chi connectivity index (χ0n) is 5.21. The Bertz CT molecular complexity index is 287. The van der Waals surface area contributed by atoms with E-state index in [2.05, 4.69) is 5.32 Å². The SMILES string of the molecule is CC(=O)Nc1cssc1=S. The molecule has 1 aromatic rings. The van der Waals surface area contributed by atoms with Gasteiger partial charge in [0.05, 0.1) is 5.69 Å². The Hall–Kier alpha value is -0.260. The van der Waals surface area contributed by atoms with Crippen LogP contribution in [0, 0.1) is 3.82 Å². The zero-order chi connectivity index (χ0) is 7.56. The van der Waals surface area contributed by atoms with E-state index >= 15 is 0 Å². The standard InChI is InChI=1S/C5H5NOS3/c1-3(7)6-4-2-9-10-5(4)8/h2H,1H3,(H,6,7). The fourth-order valence-corrected chi connectivity index (χ4v) is 2.66. The molecule has 1 amide bonds. The second-order valence-electron chi connectivity index (χ2n) is 1.68. The molecule has 5 heteroatoms. The lowest BCUT2D eigenvalue weighted by Crippen LogP contribution is -2.04. The maximum Gasteiger partial charge on any atom is 0.221 e. The minimum atomic E-state index is -0.0725.